The van der Waals surface area contributed by atoms with Gasteiger partial charge in [0.25, 0.3) is 5.56 Å². The molecule has 0 aliphatic rings. The number of H-pyrrole nitrogens is 1. The molecule has 0 aliphatic carbocycles. The number of aromatic amines is 1. The molecular formula is C16H14N4O3. The summed E-state index contributed by atoms with van der Waals surface area (Å²) in [5.41, 5.74) is 3.95. The van der Waals surface area contributed by atoms with Crippen molar-refractivity contribution in [2.45, 2.75) is 6.42 Å². The van der Waals surface area contributed by atoms with E-state index >= 15 is 0 Å². The van der Waals surface area contributed by atoms with Crippen molar-refractivity contribution in [1.29, 1.82) is 0 Å². The van der Waals surface area contributed by atoms with Crippen molar-refractivity contribution in [3.8, 4) is 0 Å². The van der Waals surface area contributed by atoms with Gasteiger partial charge >= 0.3 is 5.97 Å². The van der Waals surface area contributed by atoms with Gasteiger partial charge in [-0.3, -0.25) is 10.6 Å². The van der Waals surface area contributed by atoms with Crippen LogP contribution in [-0.4, -0.2) is 21.3 Å². The Morgan fingerprint density at radius 3 is 2.65 bits per heavy atom. The maximum atomic E-state index is 11.8. The smallest absolute Gasteiger partial charge is 0.337 e. The van der Waals surface area contributed by atoms with E-state index in [1.165, 1.54) is 0 Å². The molecule has 0 spiro atoms. The van der Waals surface area contributed by atoms with E-state index < -0.39 is 5.97 Å². The first-order valence-electron chi connectivity index (χ1n) is 6.89. The summed E-state index contributed by atoms with van der Waals surface area (Å²) in [7, 11) is 0. The third-order valence-electron chi connectivity index (χ3n) is 3.62. The summed E-state index contributed by atoms with van der Waals surface area (Å²) in [6.07, 6.45) is 0.391. The molecule has 0 saturated heterocycles. The lowest BCUT2D eigenvalue weighted by Gasteiger charge is -2.09. The molecule has 0 saturated carbocycles. The number of carbonyl (C=O) groups is 1. The molecule has 3 rings (SSSR count). The minimum absolute atomic E-state index is 0.0822. The van der Waals surface area contributed by atoms with Crippen LogP contribution >= 0.6 is 0 Å². The van der Waals surface area contributed by atoms with E-state index in [0.717, 1.165) is 10.9 Å². The number of aromatic carboxylic acids is 1. The van der Waals surface area contributed by atoms with E-state index in [1.807, 2.05) is 12.1 Å². The Morgan fingerprint density at radius 1 is 1.22 bits per heavy atom. The van der Waals surface area contributed by atoms with Crippen LogP contribution in [0, 0.1) is 0 Å². The molecule has 0 unspecified atom stereocenters. The quantitative estimate of drug-likeness (QED) is 0.428. The number of nitrogen functional groups attached to an aromatic ring is 1. The summed E-state index contributed by atoms with van der Waals surface area (Å²) in [5.74, 6) is 4.25. The van der Waals surface area contributed by atoms with Crippen LogP contribution in [0.5, 0.6) is 0 Å². The fourth-order valence-electron chi connectivity index (χ4n) is 2.50. The zero-order valence-electron chi connectivity index (χ0n) is 12.0. The summed E-state index contributed by atoms with van der Waals surface area (Å²) >= 11 is 0. The summed E-state index contributed by atoms with van der Waals surface area (Å²) in [5, 5.41) is 17.1. The van der Waals surface area contributed by atoms with Crippen LogP contribution in [0.3, 0.4) is 0 Å². The topological polar surface area (TPSA) is 121 Å². The molecule has 7 heteroatoms. The van der Waals surface area contributed by atoms with Crippen LogP contribution in [0.2, 0.25) is 0 Å². The number of hydrazine groups is 1. The van der Waals surface area contributed by atoms with E-state index in [1.54, 1.807) is 30.3 Å². The molecule has 0 amide bonds. The van der Waals surface area contributed by atoms with Crippen LogP contribution < -0.4 is 16.8 Å². The Labute approximate surface area is 130 Å². The molecule has 23 heavy (non-hydrogen) atoms. The highest BCUT2D eigenvalue weighted by Crippen LogP contribution is 2.21. The average Bonchev–Trinajstić information content (AvgIpc) is 2.57. The molecule has 116 valence electrons. The highest BCUT2D eigenvalue weighted by atomic mass is 16.4. The number of carboxylic acid groups (broad SMARTS) is 1. The number of rotatable bonds is 4. The van der Waals surface area contributed by atoms with Gasteiger partial charge in [-0.2, -0.15) is 5.10 Å². The Balaban J connectivity index is 2.06. The predicted molar refractivity (Wildman–Crippen MR) is 86.4 cm³/mol. The zero-order valence-corrected chi connectivity index (χ0v) is 12.0. The number of benzene rings is 2. The van der Waals surface area contributed by atoms with Gasteiger partial charge in [0.1, 0.15) is 0 Å². The first-order chi connectivity index (χ1) is 11.1. The third kappa shape index (κ3) is 2.77. The normalized spacial score (nSPS) is 10.7. The second-order valence-corrected chi connectivity index (χ2v) is 5.05. The molecule has 0 atom stereocenters. The van der Waals surface area contributed by atoms with Gasteiger partial charge in [0.05, 0.1) is 22.3 Å². The zero-order chi connectivity index (χ0) is 16.4. The van der Waals surface area contributed by atoms with Gasteiger partial charge < -0.3 is 10.5 Å². The number of fused-ring (bicyclic) bond motifs is 1. The van der Waals surface area contributed by atoms with Crippen LogP contribution in [-0.2, 0) is 6.42 Å². The van der Waals surface area contributed by atoms with Crippen molar-refractivity contribution in [3.05, 3.63) is 69.6 Å². The number of carboxylic acids is 1. The van der Waals surface area contributed by atoms with Crippen molar-refractivity contribution >= 4 is 22.4 Å². The lowest BCUT2D eigenvalue weighted by atomic mass is 10.0. The maximum absolute atomic E-state index is 11.8. The molecule has 0 aliphatic heterocycles. The SMILES string of the molecule is NNc1ccc(Cc2n[nH]c(=O)c3ccccc23)cc1C(=O)O. The van der Waals surface area contributed by atoms with Crippen molar-refractivity contribution in [2.24, 2.45) is 5.84 Å². The second kappa shape index (κ2) is 5.90. The summed E-state index contributed by atoms with van der Waals surface area (Å²) < 4.78 is 0. The molecular weight excluding hydrogens is 296 g/mol. The van der Waals surface area contributed by atoms with Crippen molar-refractivity contribution in [2.75, 3.05) is 5.43 Å². The fraction of sp³-hybridized carbons (Fsp3) is 0.0625. The highest BCUT2D eigenvalue weighted by Gasteiger charge is 2.12. The fourth-order valence-corrected chi connectivity index (χ4v) is 2.50. The van der Waals surface area contributed by atoms with Gasteiger partial charge in [0.2, 0.25) is 0 Å². The number of hydrogen-bond donors (Lipinski definition) is 4. The summed E-state index contributed by atoms with van der Waals surface area (Å²) in [6.45, 7) is 0. The third-order valence-corrected chi connectivity index (χ3v) is 3.62. The minimum atomic E-state index is -1.07. The van der Waals surface area contributed by atoms with E-state index in [4.69, 9.17) is 5.84 Å². The summed E-state index contributed by atoms with van der Waals surface area (Å²) in [6, 6.07) is 12.1. The van der Waals surface area contributed by atoms with Crippen LogP contribution in [0.25, 0.3) is 10.8 Å². The Bertz CT molecular complexity index is 949. The molecule has 1 heterocycles. The van der Waals surface area contributed by atoms with E-state index in [2.05, 4.69) is 15.6 Å². The number of nitrogens with two attached hydrogens (primary N) is 1. The van der Waals surface area contributed by atoms with E-state index in [9.17, 15) is 14.7 Å². The lowest BCUT2D eigenvalue weighted by Crippen LogP contribution is -2.13. The van der Waals surface area contributed by atoms with E-state index in [-0.39, 0.29) is 11.1 Å². The van der Waals surface area contributed by atoms with Gasteiger partial charge in [-0.15, -0.1) is 0 Å². The first-order valence-corrected chi connectivity index (χ1v) is 6.89. The van der Waals surface area contributed by atoms with Crippen LogP contribution in [0.15, 0.2) is 47.3 Å². The molecule has 0 radical (unpaired) electrons. The molecule has 0 fully saturated rings. The predicted octanol–water partition coefficient (Wildman–Crippen LogP) is 1.50. The van der Waals surface area contributed by atoms with Crippen molar-refractivity contribution in [1.82, 2.24) is 10.2 Å². The minimum Gasteiger partial charge on any atom is -0.478 e. The monoisotopic (exact) mass is 310 g/mol. The highest BCUT2D eigenvalue weighted by molar-refractivity contribution is 5.94. The summed E-state index contributed by atoms with van der Waals surface area (Å²) in [4.78, 5) is 23.1. The molecule has 7 nitrogen and oxygen atoms in total. The van der Waals surface area contributed by atoms with Gasteiger partial charge in [-0.1, -0.05) is 24.3 Å². The van der Waals surface area contributed by atoms with E-state index in [0.29, 0.717) is 23.2 Å². The van der Waals surface area contributed by atoms with Gasteiger partial charge in [0.15, 0.2) is 0 Å². The molecule has 2 aromatic carbocycles. The molecule has 3 aromatic rings. The largest absolute Gasteiger partial charge is 0.478 e. The van der Waals surface area contributed by atoms with Gasteiger partial charge in [0, 0.05) is 11.8 Å². The Kier molecular flexibility index (Phi) is 3.78. The van der Waals surface area contributed by atoms with Crippen molar-refractivity contribution < 1.29 is 9.90 Å². The lowest BCUT2D eigenvalue weighted by molar-refractivity contribution is 0.0698. The Morgan fingerprint density at radius 2 is 1.96 bits per heavy atom. The maximum Gasteiger partial charge on any atom is 0.337 e. The van der Waals surface area contributed by atoms with Crippen LogP contribution in [0.1, 0.15) is 21.6 Å². The molecule has 0 bridgehead atoms. The first kappa shape index (κ1) is 14.7. The average molecular weight is 310 g/mol. The number of nitrogens with one attached hydrogen (secondary N) is 2. The molecule has 5 N–H and O–H groups in total. The van der Waals surface area contributed by atoms with Gasteiger partial charge in [-0.25, -0.2) is 9.89 Å². The number of nitrogens with zero attached hydrogens (tertiary/aromatic N) is 1. The number of anilines is 1. The number of aromatic nitrogens is 2. The molecule has 1 aromatic heterocycles. The van der Waals surface area contributed by atoms with Gasteiger partial charge in [-0.05, 0) is 23.8 Å². The van der Waals surface area contributed by atoms with Crippen LogP contribution in [0.4, 0.5) is 5.69 Å². The number of hydrogen-bond acceptors (Lipinski definition) is 5. The second-order valence-electron chi connectivity index (χ2n) is 5.05. The Hall–Kier alpha value is -3.19. The standard InChI is InChI=1S/C16H14N4O3/c17-18-13-6-5-9(7-12(13)16(22)23)8-14-10-3-1-2-4-11(10)15(21)20-19-14/h1-7,18H,8,17H2,(H,20,21)(H,22,23). The van der Waals surface area contributed by atoms with Crippen molar-refractivity contribution in [3.63, 3.8) is 0 Å².